The second-order valence-electron chi connectivity index (χ2n) is 4.90. The summed E-state index contributed by atoms with van der Waals surface area (Å²) >= 11 is 0. The predicted molar refractivity (Wildman–Crippen MR) is 69.3 cm³/mol. The maximum Gasteiger partial charge on any atom is 0.199 e. The topological polar surface area (TPSA) is 68.0 Å². The van der Waals surface area contributed by atoms with Crippen molar-refractivity contribution in [2.24, 2.45) is 5.92 Å². The molecular weight excluding hydrogens is 228 g/mol. The molecular formula is C12H20N6. The van der Waals surface area contributed by atoms with Crippen LogP contribution in [0.25, 0.3) is 5.65 Å². The molecule has 0 spiro atoms. The molecule has 2 aromatic heterocycles. The van der Waals surface area contributed by atoms with Gasteiger partial charge in [-0.15, -0.1) is 9.73 Å². The molecule has 2 rings (SSSR count). The highest BCUT2D eigenvalue weighted by Gasteiger charge is 2.24. The van der Waals surface area contributed by atoms with Crippen LogP contribution >= 0.6 is 0 Å². The molecule has 0 saturated carbocycles. The van der Waals surface area contributed by atoms with Crippen LogP contribution in [-0.4, -0.2) is 37.8 Å². The fourth-order valence-corrected chi connectivity index (χ4v) is 2.47. The van der Waals surface area contributed by atoms with Gasteiger partial charge in [0.25, 0.3) is 0 Å². The van der Waals surface area contributed by atoms with Crippen molar-refractivity contribution >= 4 is 5.65 Å². The number of nitrogens with zero attached hydrogens (tertiary/aromatic N) is 5. The van der Waals surface area contributed by atoms with Crippen molar-refractivity contribution in [2.75, 3.05) is 6.54 Å². The Labute approximate surface area is 107 Å². The highest BCUT2D eigenvalue weighted by Crippen LogP contribution is 2.26. The minimum atomic E-state index is 0.346. The summed E-state index contributed by atoms with van der Waals surface area (Å²) in [6.45, 7) is 9.69. The van der Waals surface area contributed by atoms with E-state index in [1.54, 1.807) is 0 Å². The molecule has 0 radical (unpaired) electrons. The number of hydrogen-bond donors (Lipinski definition) is 1. The lowest BCUT2D eigenvalue weighted by Crippen LogP contribution is -2.35. The molecule has 1 N–H and O–H groups in total. The second kappa shape index (κ2) is 5.39. The van der Waals surface area contributed by atoms with Crippen LogP contribution in [0.3, 0.4) is 0 Å². The Hall–Kier alpha value is -1.56. The Balaban J connectivity index is 2.34. The average molecular weight is 248 g/mol. The number of fused-ring (bicyclic) bond motifs is 1. The summed E-state index contributed by atoms with van der Waals surface area (Å²) in [4.78, 5) is 0. The zero-order valence-corrected chi connectivity index (χ0v) is 11.3. The molecule has 2 unspecified atom stereocenters. The second-order valence-corrected chi connectivity index (χ2v) is 4.90. The van der Waals surface area contributed by atoms with Crippen molar-refractivity contribution in [3.05, 3.63) is 17.8 Å². The van der Waals surface area contributed by atoms with Gasteiger partial charge in [-0.2, -0.15) is 5.10 Å². The van der Waals surface area contributed by atoms with Crippen molar-refractivity contribution < 1.29 is 0 Å². The van der Waals surface area contributed by atoms with E-state index >= 15 is 0 Å². The van der Waals surface area contributed by atoms with Crippen molar-refractivity contribution in [3.63, 3.8) is 0 Å². The average Bonchev–Trinajstić information content (AvgIpc) is 2.76. The van der Waals surface area contributed by atoms with Gasteiger partial charge < -0.3 is 5.32 Å². The number of likely N-dealkylation sites (N-methyl/N-ethyl adjacent to an activating group) is 1. The van der Waals surface area contributed by atoms with Gasteiger partial charge in [-0.3, -0.25) is 0 Å². The predicted octanol–water partition coefficient (Wildman–Crippen LogP) is 1.26. The SMILES string of the molecule is CCNC(C)C(c1ccc2nnnn2n1)C(C)C. The van der Waals surface area contributed by atoms with Crippen LogP contribution < -0.4 is 5.32 Å². The Kier molecular flexibility index (Phi) is 3.86. The van der Waals surface area contributed by atoms with Gasteiger partial charge in [-0.25, -0.2) is 0 Å². The molecule has 0 saturated heterocycles. The van der Waals surface area contributed by atoms with Gasteiger partial charge >= 0.3 is 0 Å². The van der Waals surface area contributed by atoms with E-state index in [1.165, 1.54) is 4.63 Å². The van der Waals surface area contributed by atoms with E-state index < -0.39 is 0 Å². The summed E-state index contributed by atoms with van der Waals surface area (Å²) < 4.78 is 1.49. The third-order valence-electron chi connectivity index (χ3n) is 3.21. The Morgan fingerprint density at radius 3 is 2.72 bits per heavy atom. The molecule has 6 nitrogen and oxygen atoms in total. The van der Waals surface area contributed by atoms with Gasteiger partial charge in [0.05, 0.1) is 5.69 Å². The van der Waals surface area contributed by atoms with Crippen molar-refractivity contribution in [1.82, 2.24) is 30.6 Å². The maximum atomic E-state index is 4.50. The lowest BCUT2D eigenvalue weighted by atomic mass is 9.86. The van der Waals surface area contributed by atoms with E-state index in [1.807, 2.05) is 12.1 Å². The molecule has 98 valence electrons. The van der Waals surface area contributed by atoms with Crippen molar-refractivity contribution in [2.45, 2.75) is 39.7 Å². The quantitative estimate of drug-likeness (QED) is 0.862. The zero-order chi connectivity index (χ0) is 13.1. The Morgan fingerprint density at radius 1 is 1.28 bits per heavy atom. The largest absolute Gasteiger partial charge is 0.314 e. The minimum absolute atomic E-state index is 0.346. The maximum absolute atomic E-state index is 4.50. The fourth-order valence-electron chi connectivity index (χ4n) is 2.47. The molecule has 6 heteroatoms. The van der Waals surface area contributed by atoms with Crippen molar-refractivity contribution in [3.8, 4) is 0 Å². The summed E-state index contributed by atoms with van der Waals surface area (Å²) in [7, 11) is 0. The Morgan fingerprint density at radius 2 is 2.06 bits per heavy atom. The molecule has 0 bridgehead atoms. The van der Waals surface area contributed by atoms with Crippen LogP contribution in [0.4, 0.5) is 0 Å². The number of hydrogen-bond acceptors (Lipinski definition) is 5. The molecule has 2 heterocycles. The van der Waals surface area contributed by atoms with Crippen LogP contribution in [-0.2, 0) is 0 Å². The normalized spacial score (nSPS) is 15.2. The molecule has 2 atom stereocenters. The van der Waals surface area contributed by atoms with Gasteiger partial charge in [0.15, 0.2) is 5.65 Å². The first kappa shape index (κ1) is 12.9. The lowest BCUT2D eigenvalue weighted by Gasteiger charge is -2.27. The first-order chi connectivity index (χ1) is 8.63. The number of tetrazole rings is 1. The van der Waals surface area contributed by atoms with Crippen LogP contribution in [0.15, 0.2) is 12.1 Å². The Bertz CT molecular complexity index is 506. The highest BCUT2D eigenvalue weighted by atomic mass is 15.6. The van der Waals surface area contributed by atoms with Crippen molar-refractivity contribution in [1.29, 1.82) is 0 Å². The molecule has 18 heavy (non-hydrogen) atoms. The summed E-state index contributed by atoms with van der Waals surface area (Å²) in [5.74, 6) is 0.846. The van der Waals surface area contributed by atoms with E-state index in [9.17, 15) is 0 Å². The summed E-state index contributed by atoms with van der Waals surface area (Å²) in [6, 6.07) is 4.30. The van der Waals surface area contributed by atoms with Gasteiger partial charge in [0, 0.05) is 12.0 Å². The molecule has 0 aliphatic rings. The third-order valence-corrected chi connectivity index (χ3v) is 3.21. The number of nitrogens with one attached hydrogen (secondary N) is 1. The first-order valence-corrected chi connectivity index (χ1v) is 6.42. The summed E-state index contributed by atoms with van der Waals surface area (Å²) in [5, 5.41) is 19.3. The van der Waals surface area contributed by atoms with E-state index in [-0.39, 0.29) is 0 Å². The monoisotopic (exact) mass is 248 g/mol. The van der Waals surface area contributed by atoms with Crippen LogP contribution in [0, 0.1) is 5.92 Å². The number of aromatic nitrogens is 5. The lowest BCUT2D eigenvalue weighted by molar-refractivity contribution is 0.371. The van der Waals surface area contributed by atoms with Crippen LogP contribution in [0.5, 0.6) is 0 Å². The molecule has 0 aliphatic heterocycles. The van der Waals surface area contributed by atoms with E-state index in [0.29, 0.717) is 23.5 Å². The molecule has 2 aromatic rings. The molecule has 0 fully saturated rings. The first-order valence-electron chi connectivity index (χ1n) is 6.42. The van der Waals surface area contributed by atoms with Gasteiger partial charge in [0.2, 0.25) is 0 Å². The van der Waals surface area contributed by atoms with Crippen LogP contribution in [0.2, 0.25) is 0 Å². The third kappa shape index (κ3) is 2.48. The van der Waals surface area contributed by atoms with Gasteiger partial charge in [0.1, 0.15) is 0 Å². The summed E-state index contributed by atoms with van der Waals surface area (Å²) in [5.41, 5.74) is 1.70. The smallest absolute Gasteiger partial charge is 0.199 e. The number of rotatable bonds is 5. The molecule has 0 amide bonds. The van der Waals surface area contributed by atoms with Gasteiger partial charge in [-0.1, -0.05) is 20.8 Å². The minimum Gasteiger partial charge on any atom is -0.314 e. The summed E-state index contributed by atoms with van der Waals surface area (Å²) in [6.07, 6.45) is 0. The van der Waals surface area contributed by atoms with E-state index in [0.717, 1.165) is 12.2 Å². The van der Waals surface area contributed by atoms with E-state index in [4.69, 9.17) is 0 Å². The van der Waals surface area contributed by atoms with Crippen LogP contribution in [0.1, 0.15) is 39.3 Å². The fraction of sp³-hybridized carbons (Fsp3) is 0.667. The van der Waals surface area contributed by atoms with Gasteiger partial charge in [-0.05, 0) is 41.9 Å². The highest BCUT2D eigenvalue weighted by molar-refractivity contribution is 5.33. The molecule has 0 aliphatic carbocycles. The molecule has 0 aromatic carbocycles. The van der Waals surface area contributed by atoms with E-state index in [2.05, 4.69) is 53.6 Å². The standard InChI is InChI=1S/C12H20N6/c1-5-13-9(4)12(8(2)3)10-6-7-11-14-16-17-18(11)15-10/h6-9,12-13H,5H2,1-4H3. The zero-order valence-electron chi connectivity index (χ0n) is 11.3.